The molecule has 0 unspecified atom stereocenters. The van der Waals surface area contributed by atoms with Crippen molar-refractivity contribution in [1.82, 2.24) is 47.9 Å². The molecule has 0 saturated heterocycles. The highest BCUT2D eigenvalue weighted by atomic mass is 32.2. The molecule has 24 heteroatoms. The zero-order chi connectivity index (χ0) is 56.4. The van der Waals surface area contributed by atoms with E-state index in [4.69, 9.17) is 5.73 Å². The molecule has 1 aromatic rings. The number of thioether (sulfide) groups is 1. The lowest BCUT2D eigenvalue weighted by Gasteiger charge is -2.29. The van der Waals surface area contributed by atoms with Crippen LogP contribution in [-0.2, 0) is 59.2 Å². The lowest BCUT2D eigenvalue weighted by atomic mass is 9.97. The molecular formula is C50H82N10O13S. The van der Waals surface area contributed by atoms with E-state index < -0.39 is 151 Å². The Labute approximate surface area is 438 Å². The van der Waals surface area contributed by atoms with E-state index in [1.165, 1.54) is 25.6 Å². The highest BCUT2D eigenvalue weighted by molar-refractivity contribution is 7.98. The normalized spacial score (nSPS) is 15.6. The number of rotatable bonds is 34. The van der Waals surface area contributed by atoms with Crippen LogP contribution in [0.4, 0.5) is 0 Å². The Hall–Kier alpha value is -6.30. The molecule has 13 N–H and O–H groups in total. The third-order valence-corrected chi connectivity index (χ3v) is 13.0. The predicted molar refractivity (Wildman–Crippen MR) is 279 cm³/mol. The molecule has 0 aliphatic rings. The standard InChI is InChI=1S/C50H82N10O13S/c1-12-28(7)40(48(70)58-36(24-32-17-15-14-16-18-32)46(68)55-34(21-22-74-11)44(66)54-31(10)50(72)73)59-37(61)25-52-43(65)33(19-20-38(62)63)56-49(71)41(29(8)13-2)60-42(64)30(9)53-45(67)35(23-26(3)4)57-47(69)39(51)27(5)6/h14-18,26-31,33-36,39-41H,12-13,19-25,51H2,1-11H3,(H,52,65)(H,53,67)(H,54,66)(H,55,68)(H,56,71)(H,57,69)(H,58,70)(H,59,61)(H,60,64)(H,62,63)(H,72,73)/t28-,29-,30-,31-,33-,34-,35-,36-,39-,40-,41-/m0/s1. The summed E-state index contributed by atoms with van der Waals surface area (Å²) in [6.07, 6.45) is 1.86. The van der Waals surface area contributed by atoms with Crippen molar-refractivity contribution >= 4 is 76.9 Å². The second-order valence-electron chi connectivity index (χ2n) is 19.4. The number of carbonyl (C=O) groups is 11. The maximum Gasteiger partial charge on any atom is 0.325 e. The minimum absolute atomic E-state index is 0.0273. The fraction of sp³-hybridized carbons (Fsp3) is 0.660. The van der Waals surface area contributed by atoms with Crippen LogP contribution in [0.25, 0.3) is 0 Å². The van der Waals surface area contributed by atoms with Gasteiger partial charge in [0, 0.05) is 12.8 Å². The van der Waals surface area contributed by atoms with Gasteiger partial charge in [0.15, 0.2) is 0 Å². The second-order valence-corrected chi connectivity index (χ2v) is 20.4. The highest BCUT2D eigenvalue weighted by Gasteiger charge is 2.35. The maximum absolute atomic E-state index is 14.1. The predicted octanol–water partition coefficient (Wildman–Crippen LogP) is 0.0876. The van der Waals surface area contributed by atoms with Crippen molar-refractivity contribution in [3.8, 4) is 0 Å². The number of amides is 9. The Balaban J connectivity index is 3.29. The largest absolute Gasteiger partial charge is 0.481 e. The Morgan fingerprint density at radius 3 is 1.55 bits per heavy atom. The van der Waals surface area contributed by atoms with Crippen LogP contribution in [0.2, 0.25) is 0 Å². The summed E-state index contributed by atoms with van der Waals surface area (Å²) in [5.41, 5.74) is 6.64. The van der Waals surface area contributed by atoms with Crippen molar-refractivity contribution in [2.24, 2.45) is 29.4 Å². The van der Waals surface area contributed by atoms with Gasteiger partial charge in [-0.25, -0.2) is 0 Å². The van der Waals surface area contributed by atoms with Crippen LogP contribution in [0.5, 0.6) is 0 Å². The molecule has 9 amide bonds. The summed E-state index contributed by atoms with van der Waals surface area (Å²) in [5, 5.41) is 41.9. The fourth-order valence-electron chi connectivity index (χ4n) is 7.12. The molecule has 11 atom stereocenters. The van der Waals surface area contributed by atoms with Crippen LogP contribution in [0.15, 0.2) is 30.3 Å². The third kappa shape index (κ3) is 23.7. The lowest BCUT2D eigenvalue weighted by molar-refractivity contribution is -0.142. The average molecular weight is 1060 g/mol. The number of carboxylic acids is 2. The molecule has 0 aliphatic heterocycles. The van der Waals surface area contributed by atoms with Gasteiger partial charge in [-0.2, -0.15) is 11.8 Å². The summed E-state index contributed by atoms with van der Waals surface area (Å²) in [6.45, 7) is 16.0. The molecule has 1 aromatic carbocycles. The molecular weight excluding hydrogens is 981 g/mol. The summed E-state index contributed by atoms with van der Waals surface area (Å²) in [7, 11) is 0. The van der Waals surface area contributed by atoms with E-state index in [0.717, 1.165) is 0 Å². The maximum atomic E-state index is 14.1. The number of carbonyl (C=O) groups excluding carboxylic acids is 9. The third-order valence-electron chi connectivity index (χ3n) is 12.3. The molecule has 0 aliphatic carbocycles. The molecule has 1 rings (SSSR count). The van der Waals surface area contributed by atoms with E-state index in [9.17, 15) is 63.0 Å². The molecule has 416 valence electrons. The summed E-state index contributed by atoms with van der Waals surface area (Å²) >= 11 is 1.40. The zero-order valence-corrected chi connectivity index (χ0v) is 45.4. The first kappa shape index (κ1) is 65.7. The molecule has 0 fully saturated rings. The first-order valence-electron chi connectivity index (χ1n) is 25.1. The molecule has 0 spiro atoms. The quantitative estimate of drug-likeness (QED) is 0.0435. The first-order chi connectivity index (χ1) is 34.7. The fourth-order valence-corrected chi connectivity index (χ4v) is 7.59. The molecule has 0 radical (unpaired) electrons. The van der Waals surface area contributed by atoms with Crippen molar-refractivity contribution in [3.05, 3.63) is 35.9 Å². The zero-order valence-electron chi connectivity index (χ0n) is 44.6. The van der Waals surface area contributed by atoms with Crippen molar-refractivity contribution in [2.75, 3.05) is 18.6 Å². The monoisotopic (exact) mass is 1060 g/mol. The van der Waals surface area contributed by atoms with Crippen LogP contribution >= 0.6 is 11.8 Å². The number of hydrogen-bond acceptors (Lipinski definition) is 13. The van der Waals surface area contributed by atoms with E-state index >= 15 is 0 Å². The molecule has 74 heavy (non-hydrogen) atoms. The van der Waals surface area contributed by atoms with Crippen LogP contribution in [-0.4, -0.2) is 148 Å². The number of hydrogen-bond donors (Lipinski definition) is 12. The first-order valence-corrected chi connectivity index (χ1v) is 26.5. The topological polar surface area (TPSA) is 363 Å². The van der Waals surface area contributed by atoms with E-state index in [0.29, 0.717) is 24.2 Å². The second kappa shape index (κ2) is 33.5. The smallest absolute Gasteiger partial charge is 0.325 e. The van der Waals surface area contributed by atoms with E-state index in [2.05, 4.69) is 47.9 Å². The van der Waals surface area contributed by atoms with Gasteiger partial charge in [-0.15, -0.1) is 0 Å². The number of nitrogens with two attached hydrogens (primary N) is 1. The van der Waals surface area contributed by atoms with Crippen LogP contribution in [0, 0.1) is 23.7 Å². The summed E-state index contributed by atoms with van der Waals surface area (Å²) < 4.78 is 0. The van der Waals surface area contributed by atoms with Gasteiger partial charge in [0.2, 0.25) is 53.2 Å². The molecule has 0 bridgehead atoms. The van der Waals surface area contributed by atoms with Gasteiger partial charge >= 0.3 is 11.9 Å². The van der Waals surface area contributed by atoms with Gasteiger partial charge in [0.1, 0.15) is 48.3 Å². The van der Waals surface area contributed by atoms with E-state index in [1.807, 2.05) is 13.8 Å². The minimum Gasteiger partial charge on any atom is -0.481 e. The van der Waals surface area contributed by atoms with Gasteiger partial charge in [-0.3, -0.25) is 52.7 Å². The Morgan fingerprint density at radius 2 is 1.04 bits per heavy atom. The van der Waals surface area contributed by atoms with Crippen molar-refractivity contribution in [2.45, 2.75) is 169 Å². The summed E-state index contributed by atoms with van der Waals surface area (Å²) in [6, 6.07) is -2.18. The van der Waals surface area contributed by atoms with Crippen molar-refractivity contribution in [1.29, 1.82) is 0 Å². The van der Waals surface area contributed by atoms with Crippen LogP contribution in [0.3, 0.4) is 0 Å². The molecule has 0 heterocycles. The minimum atomic E-state index is -1.52. The Morgan fingerprint density at radius 1 is 0.554 bits per heavy atom. The number of nitrogens with one attached hydrogen (secondary N) is 9. The van der Waals surface area contributed by atoms with Gasteiger partial charge in [-0.1, -0.05) is 98.6 Å². The van der Waals surface area contributed by atoms with Crippen LogP contribution in [0.1, 0.15) is 113 Å². The van der Waals surface area contributed by atoms with Gasteiger partial charge in [0.05, 0.1) is 12.6 Å². The molecule has 23 nitrogen and oxygen atoms in total. The molecule has 0 aromatic heterocycles. The van der Waals surface area contributed by atoms with E-state index in [1.54, 1.807) is 78.1 Å². The number of aliphatic carboxylic acids is 2. The van der Waals surface area contributed by atoms with Crippen molar-refractivity contribution < 1.29 is 63.0 Å². The number of carboxylic acid groups (broad SMARTS) is 2. The van der Waals surface area contributed by atoms with Gasteiger partial charge < -0.3 is 63.8 Å². The average Bonchev–Trinajstić information content (AvgIpc) is 3.34. The number of benzene rings is 1. The van der Waals surface area contributed by atoms with Crippen molar-refractivity contribution in [3.63, 3.8) is 0 Å². The summed E-state index contributed by atoms with van der Waals surface area (Å²) in [5.74, 6) is -10.3. The Kier molecular flexibility index (Phi) is 29.8. The highest BCUT2D eigenvalue weighted by Crippen LogP contribution is 2.14. The molecule has 0 saturated carbocycles. The lowest BCUT2D eigenvalue weighted by Crippen LogP contribution is -2.60. The summed E-state index contributed by atoms with van der Waals surface area (Å²) in [4.78, 5) is 145. The Bertz CT molecular complexity index is 2060. The van der Waals surface area contributed by atoms with Crippen LogP contribution < -0.4 is 53.6 Å². The SMILES string of the molecule is CC[C@H](C)[C@H](NC(=O)CNC(=O)[C@H](CCC(=O)O)NC(=O)[C@@H](NC(=O)[C@H](C)NC(=O)[C@H](CC(C)C)NC(=O)[C@@H](N)C(C)C)[C@@H](C)CC)C(=O)N[C@@H](Cc1ccccc1)C(=O)N[C@@H](CCSC)C(=O)N[C@@H](C)C(=O)O. The van der Waals surface area contributed by atoms with Gasteiger partial charge in [-0.05, 0) is 74.4 Å². The van der Waals surface area contributed by atoms with E-state index in [-0.39, 0.29) is 31.1 Å². The van der Waals surface area contributed by atoms with Gasteiger partial charge in [0.25, 0.3) is 0 Å².